The smallest absolute Gasteiger partial charge is 0.119 e. The molecule has 0 saturated carbocycles. The van der Waals surface area contributed by atoms with E-state index in [1.54, 1.807) is 7.11 Å². The number of para-hydroxylation sites is 1. The van der Waals surface area contributed by atoms with Crippen molar-refractivity contribution in [1.82, 2.24) is 14.5 Å². The Labute approximate surface area is 189 Å². The van der Waals surface area contributed by atoms with Crippen LogP contribution in [0.3, 0.4) is 0 Å². The Morgan fingerprint density at radius 1 is 0.844 bits per heavy atom. The minimum atomic E-state index is -0.00712. The molecule has 32 heavy (non-hydrogen) atoms. The van der Waals surface area contributed by atoms with Gasteiger partial charge in [0.25, 0.3) is 0 Å². The van der Waals surface area contributed by atoms with Gasteiger partial charge in [0.15, 0.2) is 0 Å². The van der Waals surface area contributed by atoms with Gasteiger partial charge in [-0.1, -0.05) is 60.7 Å². The van der Waals surface area contributed by atoms with Crippen LogP contribution in [0.4, 0.5) is 0 Å². The zero-order valence-corrected chi connectivity index (χ0v) is 18.6. The fraction of sp³-hybridized carbons (Fsp3) is 0.259. The quantitative estimate of drug-likeness (QED) is 0.461. The first-order chi connectivity index (χ1) is 15.7. The zero-order valence-electron chi connectivity index (χ0n) is 18.6. The number of benzene rings is 3. The van der Waals surface area contributed by atoms with Crippen molar-refractivity contribution in [2.75, 3.05) is 40.3 Å². The Balaban J connectivity index is 1.78. The number of likely N-dealkylation sites (N-methyl/N-ethyl adjacent to an activating group) is 1. The fourth-order valence-corrected chi connectivity index (χ4v) is 4.85. The molecule has 0 bridgehead atoms. The Morgan fingerprint density at radius 2 is 1.56 bits per heavy atom. The molecule has 5 heteroatoms. The van der Waals surface area contributed by atoms with Gasteiger partial charge in [-0.15, -0.1) is 0 Å². The van der Waals surface area contributed by atoms with Crippen molar-refractivity contribution in [3.63, 3.8) is 0 Å². The third-order valence-corrected chi connectivity index (χ3v) is 6.52. The van der Waals surface area contributed by atoms with Crippen molar-refractivity contribution in [2.45, 2.75) is 6.04 Å². The van der Waals surface area contributed by atoms with Gasteiger partial charge < -0.3 is 14.8 Å². The van der Waals surface area contributed by atoms with Gasteiger partial charge in [-0.05, 0) is 30.8 Å². The van der Waals surface area contributed by atoms with E-state index in [0.29, 0.717) is 0 Å². The highest BCUT2D eigenvalue weighted by Gasteiger charge is 2.32. The standard InChI is InChI=1S/C27H29N3O2/c1-28-15-17-29(18-16-28)26(21-11-8-12-22(19-21)32-2)25-23-13-6-7-14-24(23)30(31)27(25)20-9-4-3-5-10-20/h3-14,19,26,31H,15-18H2,1-2H3. The Kier molecular flexibility index (Phi) is 5.60. The van der Waals surface area contributed by atoms with E-state index in [1.165, 1.54) is 10.3 Å². The fourth-order valence-electron chi connectivity index (χ4n) is 4.85. The SMILES string of the molecule is COc1cccc(C(c2c(-c3ccccc3)n(O)c3ccccc23)N2CCN(C)CC2)c1. The highest BCUT2D eigenvalue weighted by molar-refractivity contribution is 5.92. The number of piperazine rings is 1. The molecule has 1 atom stereocenters. The number of hydrogen-bond donors (Lipinski definition) is 1. The summed E-state index contributed by atoms with van der Waals surface area (Å²) in [7, 11) is 3.88. The summed E-state index contributed by atoms with van der Waals surface area (Å²) >= 11 is 0. The van der Waals surface area contributed by atoms with Crippen molar-refractivity contribution in [1.29, 1.82) is 0 Å². The summed E-state index contributed by atoms with van der Waals surface area (Å²) in [6.07, 6.45) is 0. The maximum absolute atomic E-state index is 11.3. The van der Waals surface area contributed by atoms with Crippen molar-refractivity contribution in [3.05, 3.63) is 90.0 Å². The number of nitrogens with zero attached hydrogens (tertiary/aromatic N) is 3. The number of ether oxygens (including phenoxy) is 1. The second-order valence-electron chi connectivity index (χ2n) is 8.48. The molecule has 164 valence electrons. The van der Waals surface area contributed by atoms with E-state index in [9.17, 15) is 5.21 Å². The zero-order chi connectivity index (χ0) is 22.1. The molecule has 2 heterocycles. The van der Waals surface area contributed by atoms with Gasteiger partial charge in [0, 0.05) is 42.7 Å². The van der Waals surface area contributed by atoms with E-state index in [1.807, 2.05) is 42.5 Å². The van der Waals surface area contributed by atoms with Crippen LogP contribution < -0.4 is 4.74 Å². The van der Waals surface area contributed by atoms with Gasteiger partial charge in [0.05, 0.1) is 24.4 Å². The first kappa shape index (κ1) is 20.6. The molecule has 1 saturated heterocycles. The lowest BCUT2D eigenvalue weighted by molar-refractivity contribution is 0.127. The maximum atomic E-state index is 11.3. The number of rotatable bonds is 5. The van der Waals surface area contributed by atoms with Crippen molar-refractivity contribution >= 4 is 10.9 Å². The molecule has 1 aliphatic heterocycles. The number of fused-ring (bicyclic) bond motifs is 1. The molecule has 1 unspecified atom stereocenters. The highest BCUT2D eigenvalue weighted by Crippen LogP contribution is 2.42. The molecular weight excluding hydrogens is 398 g/mol. The highest BCUT2D eigenvalue weighted by atomic mass is 16.5. The van der Waals surface area contributed by atoms with Crippen LogP contribution in [-0.4, -0.2) is 60.1 Å². The van der Waals surface area contributed by atoms with Crippen LogP contribution in [0.5, 0.6) is 5.75 Å². The van der Waals surface area contributed by atoms with Gasteiger partial charge in [0.1, 0.15) is 5.75 Å². The number of methoxy groups -OCH3 is 1. The lowest BCUT2D eigenvalue weighted by atomic mass is 9.91. The lowest BCUT2D eigenvalue weighted by Crippen LogP contribution is -2.46. The summed E-state index contributed by atoms with van der Waals surface area (Å²) in [6.45, 7) is 3.94. The van der Waals surface area contributed by atoms with Crippen LogP contribution in [0.1, 0.15) is 17.2 Å². The summed E-state index contributed by atoms with van der Waals surface area (Å²) in [5.74, 6) is 0.843. The van der Waals surface area contributed by atoms with Gasteiger partial charge in [0.2, 0.25) is 0 Å². The van der Waals surface area contributed by atoms with Crippen LogP contribution in [0.15, 0.2) is 78.9 Å². The van der Waals surface area contributed by atoms with E-state index >= 15 is 0 Å². The van der Waals surface area contributed by atoms with E-state index in [-0.39, 0.29) is 6.04 Å². The predicted molar refractivity (Wildman–Crippen MR) is 128 cm³/mol. The molecule has 1 N–H and O–H groups in total. The Bertz CT molecular complexity index is 1210. The van der Waals surface area contributed by atoms with Crippen LogP contribution in [0.2, 0.25) is 0 Å². The first-order valence-corrected chi connectivity index (χ1v) is 11.1. The molecule has 5 rings (SSSR count). The number of hydrogen-bond acceptors (Lipinski definition) is 4. The van der Waals surface area contributed by atoms with E-state index in [0.717, 1.165) is 59.7 Å². The van der Waals surface area contributed by atoms with Crippen LogP contribution >= 0.6 is 0 Å². The number of aromatic nitrogens is 1. The molecule has 5 nitrogen and oxygen atoms in total. The normalized spacial score (nSPS) is 16.3. The minimum Gasteiger partial charge on any atom is -0.497 e. The predicted octanol–water partition coefficient (Wildman–Crippen LogP) is 4.89. The average molecular weight is 428 g/mol. The maximum Gasteiger partial charge on any atom is 0.119 e. The molecule has 1 aromatic heterocycles. The summed E-state index contributed by atoms with van der Waals surface area (Å²) < 4.78 is 6.94. The Hall–Kier alpha value is -3.28. The minimum absolute atomic E-state index is 0.00712. The van der Waals surface area contributed by atoms with Crippen LogP contribution in [0.25, 0.3) is 22.2 Å². The summed E-state index contributed by atoms with van der Waals surface area (Å²) in [5, 5.41) is 12.4. The molecule has 4 aromatic rings. The van der Waals surface area contributed by atoms with Crippen LogP contribution in [0, 0.1) is 0 Å². The summed E-state index contributed by atoms with van der Waals surface area (Å²) in [6, 6.07) is 26.6. The molecule has 1 fully saturated rings. The van der Waals surface area contributed by atoms with Crippen molar-refractivity contribution in [3.8, 4) is 17.0 Å². The average Bonchev–Trinajstić information content (AvgIpc) is 3.13. The topological polar surface area (TPSA) is 40.9 Å². The van der Waals surface area contributed by atoms with E-state index in [4.69, 9.17) is 4.74 Å². The van der Waals surface area contributed by atoms with Gasteiger partial charge in [-0.25, -0.2) is 0 Å². The van der Waals surface area contributed by atoms with Gasteiger partial charge in [-0.2, -0.15) is 4.73 Å². The third-order valence-electron chi connectivity index (χ3n) is 6.52. The second kappa shape index (κ2) is 8.69. The van der Waals surface area contributed by atoms with E-state index < -0.39 is 0 Å². The Morgan fingerprint density at radius 3 is 2.31 bits per heavy atom. The molecule has 0 amide bonds. The van der Waals surface area contributed by atoms with Crippen molar-refractivity contribution in [2.24, 2.45) is 0 Å². The molecule has 0 aliphatic carbocycles. The van der Waals surface area contributed by atoms with Crippen molar-refractivity contribution < 1.29 is 9.94 Å². The van der Waals surface area contributed by atoms with E-state index in [2.05, 4.69) is 53.2 Å². The third kappa shape index (κ3) is 3.64. The first-order valence-electron chi connectivity index (χ1n) is 11.1. The van der Waals surface area contributed by atoms with Crippen LogP contribution in [-0.2, 0) is 0 Å². The second-order valence-corrected chi connectivity index (χ2v) is 8.48. The lowest BCUT2D eigenvalue weighted by Gasteiger charge is -2.38. The monoisotopic (exact) mass is 427 g/mol. The van der Waals surface area contributed by atoms with Gasteiger partial charge in [-0.3, -0.25) is 4.90 Å². The molecule has 0 radical (unpaired) electrons. The molecule has 0 spiro atoms. The van der Waals surface area contributed by atoms with Gasteiger partial charge >= 0.3 is 0 Å². The molecule has 3 aromatic carbocycles. The molecular formula is C27H29N3O2. The summed E-state index contributed by atoms with van der Waals surface area (Å²) in [5.41, 5.74) is 4.97. The summed E-state index contributed by atoms with van der Waals surface area (Å²) in [4.78, 5) is 4.90. The molecule has 1 aliphatic rings. The largest absolute Gasteiger partial charge is 0.497 e.